The number of nitrogens with zero attached hydrogens (tertiary/aromatic N) is 2. The summed E-state index contributed by atoms with van der Waals surface area (Å²) in [6, 6.07) is 0. The van der Waals surface area contributed by atoms with Gasteiger partial charge in [0, 0.05) is 50.2 Å². The zero-order valence-corrected chi connectivity index (χ0v) is 18.3. The van der Waals surface area contributed by atoms with Crippen molar-refractivity contribution in [3.8, 4) is 0 Å². The molecule has 1 aliphatic heterocycles. The van der Waals surface area contributed by atoms with E-state index in [0.29, 0.717) is 0 Å². The third-order valence-electron chi connectivity index (χ3n) is 4.64. The lowest BCUT2D eigenvalue weighted by molar-refractivity contribution is 0.0465. The molecule has 0 aromatic heterocycles. The molecule has 0 amide bonds. The van der Waals surface area contributed by atoms with E-state index in [9.17, 15) is 0 Å². The average molecular weight is 347 g/mol. The number of rotatable bonds is 7. The first kappa shape index (κ1) is 20.3. The first-order valence-electron chi connectivity index (χ1n) is 8.90. The summed E-state index contributed by atoms with van der Waals surface area (Å²) < 4.78 is 12.1. The topological polar surface area (TPSA) is 24.9 Å². The maximum Gasteiger partial charge on any atom is 0.349 e. The van der Waals surface area contributed by atoms with Gasteiger partial charge in [-0.2, -0.15) is 0 Å². The third-order valence-corrected chi connectivity index (χ3v) is 9.59. The van der Waals surface area contributed by atoms with Gasteiger partial charge in [-0.3, -0.25) is 9.80 Å². The van der Waals surface area contributed by atoms with Crippen molar-refractivity contribution in [1.29, 1.82) is 0 Å². The van der Waals surface area contributed by atoms with Gasteiger partial charge in [0.15, 0.2) is 0 Å². The molecular weight excluding hydrogens is 308 g/mol. The molecule has 0 aliphatic carbocycles. The minimum absolute atomic E-state index is 0.272. The van der Waals surface area contributed by atoms with E-state index in [2.05, 4.69) is 64.1 Å². The first-order valence-corrected chi connectivity index (χ1v) is 14.4. The van der Waals surface area contributed by atoms with Gasteiger partial charge in [-0.1, -0.05) is 13.1 Å². The molecule has 1 rings (SSSR count). The van der Waals surface area contributed by atoms with Crippen LogP contribution in [0.3, 0.4) is 0 Å². The van der Waals surface area contributed by atoms with Gasteiger partial charge in [0.1, 0.15) is 0 Å². The number of hydrogen-bond donors (Lipinski definition) is 0. The predicted octanol–water partition coefficient (Wildman–Crippen LogP) is 2.48. The Morgan fingerprint density at radius 1 is 1.09 bits per heavy atom. The summed E-state index contributed by atoms with van der Waals surface area (Å²) in [5, 5.41) is 0. The van der Waals surface area contributed by atoms with Crippen LogP contribution in [-0.4, -0.2) is 77.4 Å². The Kier molecular flexibility index (Phi) is 7.75. The fraction of sp³-hybridized carbons (Fsp3) is 1.00. The first-order chi connectivity index (χ1) is 10.1. The fourth-order valence-electron chi connectivity index (χ4n) is 3.40. The van der Waals surface area contributed by atoms with Crippen LogP contribution in [0.5, 0.6) is 0 Å². The normalized spacial score (nSPS) is 22.5. The Hall–Kier alpha value is 0.274. The minimum atomic E-state index is -2.06. The average Bonchev–Trinajstić information content (AvgIpc) is 2.37. The monoisotopic (exact) mass is 346 g/mol. The van der Waals surface area contributed by atoms with E-state index in [0.717, 1.165) is 38.1 Å². The van der Waals surface area contributed by atoms with Crippen LogP contribution >= 0.6 is 0 Å². The summed E-state index contributed by atoms with van der Waals surface area (Å²) in [6.07, 6.45) is 1.02. The van der Waals surface area contributed by atoms with E-state index in [1.807, 2.05) is 0 Å². The maximum absolute atomic E-state index is 6.07. The summed E-state index contributed by atoms with van der Waals surface area (Å²) in [5.74, 6) is 0. The Balaban J connectivity index is 2.80. The summed E-state index contributed by atoms with van der Waals surface area (Å²) in [6.45, 7) is 23.4. The molecule has 0 saturated carbocycles. The van der Waals surface area contributed by atoms with Gasteiger partial charge in [0.05, 0.1) is 8.80 Å². The van der Waals surface area contributed by atoms with Crippen molar-refractivity contribution in [2.45, 2.75) is 65.5 Å². The van der Waals surface area contributed by atoms with Crippen molar-refractivity contribution in [2.75, 3.05) is 39.0 Å². The molecule has 0 aromatic carbocycles. The Morgan fingerprint density at radius 2 is 1.64 bits per heavy atom. The van der Waals surface area contributed by atoms with Gasteiger partial charge in [0.25, 0.3) is 0 Å². The van der Waals surface area contributed by atoms with Crippen LogP contribution in [-0.2, 0) is 8.85 Å². The molecule has 6 heteroatoms. The lowest BCUT2D eigenvalue weighted by atomic mass is 10.1. The van der Waals surface area contributed by atoms with Gasteiger partial charge in [0.2, 0.25) is 0 Å². The second kappa shape index (κ2) is 8.39. The molecule has 1 fully saturated rings. The molecule has 0 N–H and O–H groups in total. The standard InChI is InChI=1S/C16H38N2O2Si2/c1-9-19-22(8,20-10-2)14-17-11-12-18(16(3,4)5)13-15(17)21(6)7/h15,21H,9-14H2,1-8H3. The van der Waals surface area contributed by atoms with E-state index in [4.69, 9.17) is 8.85 Å². The molecule has 132 valence electrons. The molecular formula is C16H38N2O2Si2. The molecule has 1 heterocycles. The molecule has 1 atom stereocenters. The van der Waals surface area contributed by atoms with E-state index < -0.39 is 17.4 Å². The molecule has 0 aromatic rings. The van der Waals surface area contributed by atoms with Crippen LogP contribution in [0.1, 0.15) is 34.6 Å². The zero-order chi connectivity index (χ0) is 17.0. The van der Waals surface area contributed by atoms with Gasteiger partial charge in [-0.15, -0.1) is 0 Å². The maximum atomic E-state index is 6.07. The lowest BCUT2D eigenvalue weighted by Gasteiger charge is -2.49. The molecule has 1 unspecified atom stereocenters. The Labute approximate surface area is 141 Å². The largest absolute Gasteiger partial charge is 0.394 e. The predicted molar refractivity (Wildman–Crippen MR) is 100 cm³/mol. The van der Waals surface area contributed by atoms with Gasteiger partial charge < -0.3 is 8.85 Å². The molecule has 0 radical (unpaired) electrons. The summed E-state index contributed by atoms with van der Waals surface area (Å²) in [5.41, 5.74) is 0.995. The Morgan fingerprint density at radius 3 is 2.05 bits per heavy atom. The lowest BCUT2D eigenvalue weighted by Crippen LogP contribution is -2.65. The van der Waals surface area contributed by atoms with Crippen LogP contribution in [0.2, 0.25) is 19.6 Å². The van der Waals surface area contributed by atoms with E-state index in [1.165, 1.54) is 6.54 Å². The molecule has 1 aliphatic rings. The quantitative estimate of drug-likeness (QED) is 0.661. The molecule has 4 nitrogen and oxygen atoms in total. The third kappa shape index (κ3) is 5.72. The molecule has 22 heavy (non-hydrogen) atoms. The number of hydrogen-bond acceptors (Lipinski definition) is 4. The minimum Gasteiger partial charge on any atom is -0.394 e. The van der Waals surface area contributed by atoms with Crippen LogP contribution < -0.4 is 0 Å². The van der Waals surface area contributed by atoms with E-state index >= 15 is 0 Å². The van der Waals surface area contributed by atoms with E-state index in [1.54, 1.807) is 0 Å². The van der Waals surface area contributed by atoms with Gasteiger partial charge in [-0.05, 0) is 41.2 Å². The van der Waals surface area contributed by atoms with Crippen molar-refractivity contribution in [3.05, 3.63) is 0 Å². The Bertz CT molecular complexity index is 329. The van der Waals surface area contributed by atoms with Crippen LogP contribution in [0.25, 0.3) is 0 Å². The SMILES string of the molecule is CCO[Si](C)(CN1CCN(C(C)(C)C)CC1[SiH](C)C)OCC. The summed E-state index contributed by atoms with van der Waals surface area (Å²) >= 11 is 0. The second-order valence-corrected chi connectivity index (χ2v) is 14.3. The van der Waals surface area contributed by atoms with Crippen molar-refractivity contribution >= 4 is 17.4 Å². The molecule has 1 saturated heterocycles. The van der Waals surface area contributed by atoms with Crippen LogP contribution in [0, 0.1) is 0 Å². The highest BCUT2D eigenvalue weighted by molar-refractivity contribution is 6.66. The van der Waals surface area contributed by atoms with Crippen molar-refractivity contribution in [1.82, 2.24) is 9.80 Å². The fourth-order valence-corrected chi connectivity index (χ4v) is 8.00. The van der Waals surface area contributed by atoms with Crippen molar-refractivity contribution in [3.63, 3.8) is 0 Å². The highest BCUT2D eigenvalue weighted by atomic mass is 28.4. The van der Waals surface area contributed by atoms with Crippen LogP contribution in [0.15, 0.2) is 0 Å². The zero-order valence-electron chi connectivity index (χ0n) is 16.1. The molecule has 0 spiro atoms. The van der Waals surface area contributed by atoms with Crippen molar-refractivity contribution < 1.29 is 8.85 Å². The summed E-state index contributed by atoms with van der Waals surface area (Å²) in [7, 11) is -2.82. The van der Waals surface area contributed by atoms with Crippen molar-refractivity contribution in [2.24, 2.45) is 0 Å². The molecule has 0 bridgehead atoms. The summed E-state index contributed by atoms with van der Waals surface area (Å²) in [4.78, 5) is 5.35. The van der Waals surface area contributed by atoms with Gasteiger partial charge in [-0.25, -0.2) is 0 Å². The number of piperazine rings is 1. The van der Waals surface area contributed by atoms with E-state index in [-0.39, 0.29) is 5.54 Å². The van der Waals surface area contributed by atoms with Gasteiger partial charge >= 0.3 is 8.56 Å². The smallest absolute Gasteiger partial charge is 0.349 e. The second-order valence-electron chi connectivity index (χ2n) is 7.90. The highest BCUT2D eigenvalue weighted by Crippen LogP contribution is 2.22. The van der Waals surface area contributed by atoms with Crippen LogP contribution in [0.4, 0.5) is 0 Å². The highest BCUT2D eigenvalue weighted by Gasteiger charge is 2.40.